The maximum Gasteiger partial charge on any atom is 0.142 e. The Bertz CT molecular complexity index is 496. The van der Waals surface area contributed by atoms with Gasteiger partial charge in [-0.15, -0.1) is 0 Å². The van der Waals surface area contributed by atoms with Gasteiger partial charge >= 0.3 is 0 Å². The number of hydrogen-bond donors (Lipinski definition) is 1. The molecule has 1 aromatic carbocycles. The van der Waals surface area contributed by atoms with Crippen LogP contribution < -0.4 is 0 Å². The normalized spacial score (nSPS) is 10.7. The van der Waals surface area contributed by atoms with Gasteiger partial charge < -0.3 is 9.67 Å². The third kappa shape index (κ3) is 1.94. The second kappa shape index (κ2) is 4.40. The van der Waals surface area contributed by atoms with Gasteiger partial charge in [0.2, 0.25) is 0 Å². The lowest BCUT2D eigenvalue weighted by molar-refractivity contribution is 0.276. The molecule has 0 fully saturated rings. The topological polar surface area (TPSA) is 38.0 Å². The van der Waals surface area contributed by atoms with E-state index in [1.165, 1.54) is 18.3 Å². The Labute approximate surface area is 91.0 Å². The molecule has 2 aromatic rings. The highest BCUT2D eigenvalue weighted by Crippen LogP contribution is 2.21. The van der Waals surface area contributed by atoms with E-state index >= 15 is 0 Å². The van der Waals surface area contributed by atoms with Crippen LogP contribution in [0.4, 0.5) is 8.78 Å². The molecule has 0 unspecified atom stereocenters. The number of nitrogens with zero attached hydrogens (tertiary/aromatic N) is 2. The lowest BCUT2D eigenvalue weighted by atomic mass is 10.2. The predicted octanol–water partition coefficient (Wildman–Crippen LogP) is 1.82. The summed E-state index contributed by atoms with van der Waals surface area (Å²) in [6.45, 7) is 0.262. The van der Waals surface area contributed by atoms with Gasteiger partial charge in [-0.2, -0.15) is 0 Å². The van der Waals surface area contributed by atoms with E-state index in [1.807, 2.05) is 0 Å². The minimum atomic E-state index is -0.662. The summed E-state index contributed by atoms with van der Waals surface area (Å²) in [6.07, 6.45) is 3.14. The summed E-state index contributed by atoms with van der Waals surface area (Å²) in [6, 6.07) is 3.32. The van der Waals surface area contributed by atoms with Gasteiger partial charge in [-0.05, 0) is 12.1 Å². The number of aliphatic hydroxyl groups is 1. The molecule has 0 bridgehead atoms. The van der Waals surface area contributed by atoms with Gasteiger partial charge in [0.15, 0.2) is 0 Å². The van der Waals surface area contributed by atoms with E-state index in [0.717, 1.165) is 6.07 Å². The second-order valence-electron chi connectivity index (χ2n) is 3.29. The minimum Gasteiger partial charge on any atom is -0.395 e. The van der Waals surface area contributed by atoms with Crippen molar-refractivity contribution >= 4 is 0 Å². The van der Waals surface area contributed by atoms with E-state index in [1.54, 1.807) is 10.8 Å². The average Bonchev–Trinajstić information content (AvgIpc) is 2.67. The molecule has 0 saturated carbocycles. The van der Waals surface area contributed by atoms with Crippen LogP contribution in [0.2, 0.25) is 0 Å². The van der Waals surface area contributed by atoms with E-state index < -0.39 is 11.6 Å². The van der Waals surface area contributed by atoms with Crippen LogP contribution in [0, 0.1) is 11.6 Å². The summed E-state index contributed by atoms with van der Waals surface area (Å²) < 4.78 is 27.8. The fraction of sp³-hybridized carbons (Fsp3) is 0.182. The van der Waals surface area contributed by atoms with Gasteiger partial charge in [-0.25, -0.2) is 13.8 Å². The zero-order valence-corrected chi connectivity index (χ0v) is 8.40. The van der Waals surface area contributed by atoms with Crippen molar-refractivity contribution in [3.8, 4) is 11.4 Å². The monoisotopic (exact) mass is 224 g/mol. The average molecular weight is 224 g/mol. The SMILES string of the molecule is OCCn1ccnc1-c1ccc(F)cc1F. The number of benzene rings is 1. The van der Waals surface area contributed by atoms with Crippen LogP contribution in [0.1, 0.15) is 0 Å². The highest BCUT2D eigenvalue weighted by Gasteiger charge is 2.11. The number of aromatic nitrogens is 2. The van der Waals surface area contributed by atoms with Gasteiger partial charge in [0.05, 0.1) is 12.2 Å². The molecule has 0 aliphatic carbocycles. The van der Waals surface area contributed by atoms with Gasteiger partial charge in [0.1, 0.15) is 17.5 Å². The predicted molar refractivity (Wildman–Crippen MR) is 54.7 cm³/mol. The first-order valence-corrected chi connectivity index (χ1v) is 4.80. The molecule has 1 aromatic heterocycles. The van der Waals surface area contributed by atoms with Crippen LogP contribution in [0.5, 0.6) is 0 Å². The Morgan fingerprint density at radius 2 is 2.12 bits per heavy atom. The Balaban J connectivity index is 2.46. The largest absolute Gasteiger partial charge is 0.395 e. The van der Waals surface area contributed by atoms with Crippen LogP contribution in [-0.4, -0.2) is 21.3 Å². The number of hydrogen-bond acceptors (Lipinski definition) is 2. The number of halogens is 2. The number of imidazole rings is 1. The van der Waals surface area contributed by atoms with Gasteiger partial charge in [-0.3, -0.25) is 0 Å². The van der Waals surface area contributed by atoms with Crippen molar-refractivity contribution in [2.45, 2.75) is 6.54 Å². The van der Waals surface area contributed by atoms with Gasteiger partial charge in [0, 0.05) is 25.0 Å². The summed E-state index contributed by atoms with van der Waals surface area (Å²) in [5, 5.41) is 8.82. The minimum absolute atomic E-state index is 0.0633. The highest BCUT2D eigenvalue weighted by atomic mass is 19.1. The molecule has 1 heterocycles. The molecule has 0 aliphatic rings. The van der Waals surface area contributed by atoms with Crippen molar-refractivity contribution < 1.29 is 13.9 Å². The van der Waals surface area contributed by atoms with Crippen LogP contribution >= 0.6 is 0 Å². The smallest absolute Gasteiger partial charge is 0.142 e. The molecule has 0 radical (unpaired) electrons. The Hall–Kier alpha value is -1.75. The molecule has 2 rings (SSSR count). The number of rotatable bonds is 3. The van der Waals surface area contributed by atoms with Crippen molar-refractivity contribution in [1.82, 2.24) is 9.55 Å². The maximum absolute atomic E-state index is 13.5. The quantitative estimate of drug-likeness (QED) is 0.863. The maximum atomic E-state index is 13.5. The summed E-state index contributed by atoms with van der Waals surface area (Å²) in [5.74, 6) is -0.904. The molecule has 0 aliphatic heterocycles. The molecular weight excluding hydrogens is 214 g/mol. The van der Waals surface area contributed by atoms with Crippen LogP contribution in [0.15, 0.2) is 30.6 Å². The molecule has 16 heavy (non-hydrogen) atoms. The molecule has 5 heteroatoms. The molecule has 84 valence electrons. The molecule has 0 saturated heterocycles. The first-order valence-electron chi connectivity index (χ1n) is 4.80. The standard InChI is InChI=1S/C11H10F2N2O/c12-8-1-2-9(10(13)7-8)11-14-3-4-15(11)5-6-16/h1-4,7,16H,5-6H2. The van der Waals surface area contributed by atoms with Crippen molar-refractivity contribution in [3.05, 3.63) is 42.2 Å². The fourth-order valence-corrected chi connectivity index (χ4v) is 1.51. The van der Waals surface area contributed by atoms with Gasteiger partial charge in [0.25, 0.3) is 0 Å². The first kappa shape index (κ1) is 10.8. The van der Waals surface area contributed by atoms with E-state index in [-0.39, 0.29) is 12.2 Å². The second-order valence-corrected chi connectivity index (χ2v) is 3.29. The third-order valence-electron chi connectivity index (χ3n) is 2.23. The summed E-state index contributed by atoms with van der Waals surface area (Å²) in [4.78, 5) is 3.98. The van der Waals surface area contributed by atoms with Crippen molar-refractivity contribution in [1.29, 1.82) is 0 Å². The Morgan fingerprint density at radius 3 is 2.81 bits per heavy atom. The molecule has 0 atom stereocenters. The third-order valence-corrected chi connectivity index (χ3v) is 2.23. The van der Waals surface area contributed by atoms with E-state index in [9.17, 15) is 8.78 Å². The van der Waals surface area contributed by atoms with Crippen LogP contribution in [-0.2, 0) is 6.54 Å². The summed E-state index contributed by atoms with van der Waals surface area (Å²) >= 11 is 0. The molecule has 3 nitrogen and oxygen atoms in total. The Kier molecular flexibility index (Phi) is 2.96. The highest BCUT2D eigenvalue weighted by molar-refractivity contribution is 5.56. The van der Waals surface area contributed by atoms with E-state index in [2.05, 4.69) is 4.98 Å². The molecular formula is C11H10F2N2O. The number of aliphatic hydroxyl groups excluding tert-OH is 1. The van der Waals surface area contributed by atoms with E-state index in [0.29, 0.717) is 12.4 Å². The van der Waals surface area contributed by atoms with Gasteiger partial charge in [-0.1, -0.05) is 0 Å². The fourth-order valence-electron chi connectivity index (χ4n) is 1.51. The zero-order valence-electron chi connectivity index (χ0n) is 8.40. The van der Waals surface area contributed by atoms with E-state index in [4.69, 9.17) is 5.11 Å². The summed E-state index contributed by atoms with van der Waals surface area (Å²) in [5.41, 5.74) is 0.222. The molecule has 0 amide bonds. The lowest BCUT2D eigenvalue weighted by Gasteiger charge is -2.06. The first-order chi connectivity index (χ1) is 7.72. The van der Waals surface area contributed by atoms with Crippen molar-refractivity contribution in [2.75, 3.05) is 6.61 Å². The zero-order chi connectivity index (χ0) is 11.5. The lowest BCUT2D eigenvalue weighted by Crippen LogP contribution is -2.04. The Morgan fingerprint density at radius 1 is 1.31 bits per heavy atom. The van der Waals surface area contributed by atoms with Crippen LogP contribution in [0.25, 0.3) is 11.4 Å². The van der Waals surface area contributed by atoms with Crippen LogP contribution in [0.3, 0.4) is 0 Å². The van der Waals surface area contributed by atoms with Crippen molar-refractivity contribution in [2.24, 2.45) is 0 Å². The molecule has 1 N–H and O–H groups in total. The molecule has 0 spiro atoms. The summed E-state index contributed by atoms with van der Waals surface area (Å²) in [7, 11) is 0. The van der Waals surface area contributed by atoms with Crippen molar-refractivity contribution in [3.63, 3.8) is 0 Å².